The van der Waals surface area contributed by atoms with Gasteiger partial charge in [-0.1, -0.05) is 39.0 Å². The molecule has 20 heavy (non-hydrogen) atoms. The Morgan fingerprint density at radius 2 is 1.85 bits per heavy atom. The van der Waals surface area contributed by atoms with Crippen LogP contribution < -0.4 is 0 Å². The Balaban J connectivity index is 2.13. The molecule has 1 heteroatoms. The number of aryl methyl sites for hydroxylation is 2. The highest BCUT2D eigenvalue weighted by Gasteiger charge is 2.37. The fourth-order valence-electron chi connectivity index (χ4n) is 3.59. The summed E-state index contributed by atoms with van der Waals surface area (Å²) in [5, 5.41) is 0. The molecule has 0 amide bonds. The summed E-state index contributed by atoms with van der Waals surface area (Å²) in [6.07, 6.45) is 4.05. The van der Waals surface area contributed by atoms with Crippen molar-refractivity contribution in [3.8, 4) is 0 Å². The van der Waals surface area contributed by atoms with E-state index in [0.29, 0.717) is 11.7 Å². The molecule has 2 unspecified atom stereocenters. The smallest absolute Gasteiger partial charge is 0.136 e. The molecule has 1 fully saturated rings. The van der Waals surface area contributed by atoms with Crippen molar-refractivity contribution >= 4 is 5.78 Å². The molecule has 1 aromatic rings. The van der Waals surface area contributed by atoms with Crippen LogP contribution in [0.15, 0.2) is 18.2 Å². The third-order valence-corrected chi connectivity index (χ3v) is 5.06. The van der Waals surface area contributed by atoms with Gasteiger partial charge in [0.25, 0.3) is 0 Å². The Bertz CT molecular complexity index is 498. The fourth-order valence-corrected chi connectivity index (χ4v) is 3.59. The van der Waals surface area contributed by atoms with Gasteiger partial charge in [0.05, 0.1) is 0 Å². The summed E-state index contributed by atoms with van der Waals surface area (Å²) in [6.45, 7) is 11.0. The van der Waals surface area contributed by atoms with Crippen molar-refractivity contribution in [3.63, 3.8) is 0 Å². The van der Waals surface area contributed by atoms with Crippen molar-refractivity contribution in [1.29, 1.82) is 0 Å². The lowest BCUT2D eigenvalue weighted by Crippen LogP contribution is -2.36. The number of benzene rings is 1. The molecule has 0 heterocycles. The van der Waals surface area contributed by atoms with E-state index in [1.165, 1.54) is 23.1 Å². The van der Waals surface area contributed by atoms with Crippen molar-refractivity contribution in [2.24, 2.45) is 17.3 Å². The van der Waals surface area contributed by atoms with Gasteiger partial charge in [-0.15, -0.1) is 0 Å². The highest BCUT2D eigenvalue weighted by molar-refractivity contribution is 5.82. The third kappa shape index (κ3) is 3.31. The SMILES string of the molecule is Cc1ccc(CC(C)(C)C2CCC(C)CC2=O)cc1C. The van der Waals surface area contributed by atoms with Crippen LogP contribution >= 0.6 is 0 Å². The van der Waals surface area contributed by atoms with Gasteiger partial charge in [0.2, 0.25) is 0 Å². The van der Waals surface area contributed by atoms with Gasteiger partial charge in [-0.2, -0.15) is 0 Å². The number of Topliss-reactive ketones (excluding diaryl/α,β-unsaturated/α-hetero) is 1. The Labute approximate surface area is 123 Å². The second-order valence-electron chi connectivity index (χ2n) is 7.49. The molecule has 2 rings (SSSR count). The van der Waals surface area contributed by atoms with Crippen LogP contribution in [0, 0.1) is 31.1 Å². The van der Waals surface area contributed by atoms with Crippen LogP contribution in [0.3, 0.4) is 0 Å². The number of carbonyl (C=O) groups excluding carboxylic acids is 1. The number of carbonyl (C=O) groups is 1. The Hall–Kier alpha value is -1.11. The standard InChI is InChI=1S/C19H28O/c1-13-6-9-17(18(20)10-13)19(4,5)12-16-8-7-14(2)15(3)11-16/h7-8,11,13,17H,6,9-10,12H2,1-5H3. The van der Waals surface area contributed by atoms with Crippen LogP contribution in [0.1, 0.15) is 56.7 Å². The predicted octanol–water partition coefficient (Wildman–Crippen LogP) is 4.88. The molecular formula is C19H28O. The summed E-state index contributed by atoms with van der Waals surface area (Å²) in [6, 6.07) is 6.71. The molecule has 0 saturated heterocycles. The van der Waals surface area contributed by atoms with Crippen molar-refractivity contribution < 1.29 is 4.79 Å². The maximum atomic E-state index is 12.4. The maximum Gasteiger partial charge on any atom is 0.136 e. The van der Waals surface area contributed by atoms with E-state index in [-0.39, 0.29) is 11.3 Å². The quantitative estimate of drug-likeness (QED) is 0.766. The lowest BCUT2D eigenvalue weighted by Gasteiger charge is -2.37. The molecule has 0 N–H and O–H groups in total. The van der Waals surface area contributed by atoms with Crippen molar-refractivity contribution in [3.05, 3.63) is 34.9 Å². The minimum absolute atomic E-state index is 0.0684. The normalized spacial score (nSPS) is 23.9. The Morgan fingerprint density at radius 3 is 2.45 bits per heavy atom. The van der Waals surface area contributed by atoms with Crippen molar-refractivity contribution in [2.75, 3.05) is 0 Å². The van der Waals surface area contributed by atoms with Gasteiger partial charge >= 0.3 is 0 Å². The lowest BCUT2D eigenvalue weighted by molar-refractivity contribution is -0.129. The zero-order chi connectivity index (χ0) is 14.9. The second-order valence-corrected chi connectivity index (χ2v) is 7.49. The second kappa shape index (κ2) is 5.71. The zero-order valence-corrected chi connectivity index (χ0v) is 13.6. The third-order valence-electron chi connectivity index (χ3n) is 5.06. The Kier molecular flexibility index (Phi) is 4.36. The Morgan fingerprint density at radius 1 is 1.15 bits per heavy atom. The van der Waals surface area contributed by atoms with Gasteiger partial charge < -0.3 is 0 Å². The minimum atomic E-state index is 0.0684. The van der Waals surface area contributed by atoms with Gasteiger partial charge in [0, 0.05) is 12.3 Å². The summed E-state index contributed by atoms with van der Waals surface area (Å²) in [7, 11) is 0. The first kappa shape index (κ1) is 15.3. The number of hydrogen-bond donors (Lipinski definition) is 0. The van der Waals surface area contributed by atoms with Crippen LogP contribution in [0.2, 0.25) is 0 Å². The van der Waals surface area contributed by atoms with Crippen LogP contribution in [-0.2, 0) is 11.2 Å². The molecule has 0 aromatic heterocycles. The molecule has 1 nitrogen and oxygen atoms in total. The summed E-state index contributed by atoms with van der Waals surface area (Å²) in [5.74, 6) is 1.30. The topological polar surface area (TPSA) is 17.1 Å². The first-order valence-electron chi connectivity index (χ1n) is 7.88. The van der Waals surface area contributed by atoms with Gasteiger partial charge in [0.15, 0.2) is 0 Å². The van der Waals surface area contributed by atoms with Crippen LogP contribution in [0.25, 0.3) is 0 Å². The summed E-state index contributed by atoms with van der Waals surface area (Å²) < 4.78 is 0. The molecular weight excluding hydrogens is 244 g/mol. The lowest BCUT2D eigenvalue weighted by atomic mass is 9.66. The number of ketones is 1. The van der Waals surface area contributed by atoms with E-state index in [9.17, 15) is 4.79 Å². The molecule has 1 aliphatic rings. The van der Waals surface area contributed by atoms with E-state index < -0.39 is 0 Å². The van der Waals surface area contributed by atoms with Gasteiger partial charge in [0.1, 0.15) is 5.78 Å². The van der Waals surface area contributed by atoms with E-state index in [4.69, 9.17) is 0 Å². The molecule has 2 atom stereocenters. The highest BCUT2D eigenvalue weighted by atomic mass is 16.1. The first-order chi connectivity index (χ1) is 9.29. The molecule has 110 valence electrons. The molecule has 0 aliphatic heterocycles. The van der Waals surface area contributed by atoms with E-state index in [1.807, 2.05) is 0 Å². The summed E-state index contributed by atoms with van der Waals surface area (Å²) in [4.78, 5) is 12.4. The maximum absolute atomic E-state index is 12.4. The van der Waals surface area contributed by atoms with E-state index in [0.717, 1.165) is 19.3 Å². The molecule has 0 bridgehead atoms. The van der Waals surface area contributed by atoms with E-state index in [1.54, 1.807) is 0 Å². The molecule has 1 aliphatic carbocycles. The van der Waals surface area contributed by atoms with Crippen LogP contribution in [0.4, 0.5) is 0 Å². The zero-order valence-electron chi connectivity index (χ0n) is 13.6. The largest absolute Gasteiger partial charge is 0.299 e. The van der Waals surface area contributed by atoms with Gasteiger partial charge in [-0.05, 0) is 61.1 Å². The van der Waals surface area contributed by atoms with E-state index in [2.05, 4.69) is 52.8 Å². The average molecular weight is 272 g/mol. The van der Waals surface area contributed by atoms with Gasteiger partial charge in [-0.3, -0.25) is 4.79 Å². The summed E-state index contributed by atoms with van der Waals surface area (Å²) >= 11 is 0. The fraction of sp³-hybridized carbons (Fsp3) is 0.632. The molecule has 1 aromatic carbocycles. The molecule has 0 radical (unpaired) electrons. The van der Waals surface area contributed by atoms with Crippen molar-refractivity contribution in [2.45, 2.75) is 60.3 Å². The van der Waals surface area contributed by atoms with Crippen molar-refractivity contribution in [1.82, 2.24) is 0 Å². The minimum Gasteiger partial charge on any atom is -0.299 e. The van der Waals surface area contributed by atoms with E-state index >= 15 is 0 Å². The predicted molar refractivity (Wildman–Crippen MR) is 84.9 cm³/mol. The van der Waals surface area contributed by atoms with Gasteiger partial charge in [-0.25, -0.2) is 0 Å². The first-order valence-corrected chi connectivity index (χ1v) is 7.88. The van der Waals surface area contributed by atoms with Crippen LogP contribution in [-0.4, -0.2) is 5.78 Å². The monoisotopic (exact) mass is 272 g/mol. The average Bonchev–Trinajstić information content (AvgIpc) is 2.33. The summed E-state index contributed by atoms with van der Waals surface area (Å²) in [5.41, 5.74) is 4.12. The van der Waals surface area contributed by atoms with Crippen LogP contribution in [0.5, 0.6) is 0 Å². The number of hydrogen-bond acceptors (Lipinski definition) is 1. The molecule has 0 spiro atoms. The molecule has 1 saturated carbocycles. The number of rotatable bonds is 3. The highest BCUT2D eigenvalue weighted by Crippen LogP contribution is 2.40.